The van der Waals surface area contributed by atoms with Crippen LogP contribution in [-0.4, -0.2) is 16.0 Å². The molecule has 0 atom stereocenters. The number of carbonyl (C=O) groups is 1. The van der Waals surface area contributed by atoms with E-state index < -0.39 is 0 Å². The molecular formula is C13H11ClN2O2. The van der Waals surface area contributed by atoms with Crippen LogP contribution in [0.15, 0.2) is 36.7 Å². The van der Waals surface area contributed by atoms with Crippen LogP contribution in [0.2, 0.25) is 5.02 Å². The Kier molecular flexibility index (Phi) is 3.48. The molecular weight excluding hydrogens is 252 g/mol. The Hall–Kier alpha value is -2.07. The molecule has 2 rings (SSSR count). The number of hydrogen-bond donors (Lipinski definition) is 2. The van der Waals surface area contributed by atoms with Crippen LogP contribution in [0, 0.1) is 6.92 Å². The first-order valence-corrected chi connectivity index (χ1v) is 5.66. The van der Waals surface area contributed by atoms with Gasteiger partial charge in [-0.15, -0.1) is 0 Å². The van der Waals surface area contributed by atoms with Crippen molar-refractivity contribution >= 4 is 23.2 Å². The Bertz CT molecular complexity index is 599. The maximum absolute atomic E-state index is 11.9. The summed E-state index contributed by atoms with van der Waals surface area (Å²) in [5.41, 5.74) is 1.65. The molecule has 18 heavy (non-hydrogen) atoms. The summed E-state index contributed by atoms with van der Waals surface area (Å²) in [5, 5.41) is 12.4. The van der Waals surface area contributed by atoms with Gasteiger partial charge >= 0.3 is 0 Å². The van der Waals surface area contributed by atoms with Gasteiger partial charge in [0.1, 0.15) is 5.75 Å². The van der Waals surface area contributed by atoms with Crippen molar-refractivity contribution in [3.8, 4) is 5.75 Å². The lowest BCUT2D eigenvalue weighted by atomic mass is 10.2. The van der Waals surface area contributed by atoms with Crippen LogP contribution in [0.1, 0.15) is 15.9 Å². The van der Waals surface area contributed by atoms with E-state index in [4.69, 9.17) is 11.6 Å². The molecule has 0 spiro atoms. The predicted molar refractivity (Wildman–Crippen MR) is 70.0 cm³/mol. The monoisotopic (exact) mass is 262 g/mol. The quantitative estimate of drug-likeness (QED) is 0.818. The van der Waals surface area contributed by atoms with E-state index in [0.29, 0.717) is 21.8 Å². The minimum absolute atomic E-state index is 0.190. The third-order valence-corrected chi connectivity index (χ3v) is 2.77. The molecule has 2 aromatic rings. The highest BCUT2D eigenvalue weighted by molar-refractivity contribution is 6.34. The molecule has 1 aromatic carbocycles. The van der Waals surface area contributed by atoms with Crippen molar-refractivity contribution < 1.29 is 9.90 Å². The molecule has 4 nitrogen and oxygen atoms in total. The second kappa shape index (κ2) is 5.06. The van der Waals surface area contributed by atoms with Gasteiger partial charge in [0, 0.05) is 18.1 Å². The van der Waals surface area contributed by atoms with E-state index in [-0.39, 0.29) is 11.7 Å². The third-order valence-electron chi connectivity index (χ3n) is 2.47. The van der Waals surface area contributed by atoms with Crippen molar-refractivity contribution in [1.82, 2.24) is 4.98 Å². The molecule has 92 valence electrons. The van der Waals surface area contributed by atoms with Crippen molar-refractivity contribution in [2.75, 3.05) is 5.32 Å². The predicted octanol–water partition coefficient (Wildman–Crippen LogP) is 3.00. The average molecular weight is 263 g/mol. The highest BCUT2D eigenvalue weighted by atomic mass is 35.5. The maximum Gasteiger partial charge on any atom is 0.257 e. The molecule has 0 fully saturated rings. The number of aromatic nitrogens is 1. The Balaban J connectivity index is 2.22. The van der Waals surface area contributed by atoms with Crippen LogP contribution in [0.5, 0.6) is 5.75 Å². The number of nitrogens with one attached hydrogen (secondary N) is 1. The summed E-state index contributed by atoms with van der Waals surface area (Å²) in [4.78, 5) is 15.8. The van der Waals surface area contributed by atoms with Crippen molar-refractivity contribution in [2.24, 2.45) is 0 Å². The topological polar surface area (TPSA) is 62.2 Å². The smallest absolute Gasteiger partial charge is 0.257 e. The van der Waals surface area contributed by atoms with Crippen LogP contribution in [0.25, 0.3) is 0 Å². The third kappa shape index (κ3) is 2.60. The lowest BCUT2D eigenvalue weighted by Gasteiger charge is -2.07. The van der Waals surface area contributed by atoms with E-state index >= 15 is 0 Å². The number of nitrogens with zero attached hydrogens (tertiary/aromatic N) is 1. The Labute approximate surface area is 109 Å². The number of amides is 1. The van der Waals surface area contributed by atoms with Gasteiger partial charge in [-0.25, -0.2) is 0 Å². The van der Waals surface area contributed by atoms with Crippen LogP contribution in [0.4, 0.5) is 5.69 Å². The van der Waals surface area contributed by atoms with E-state index in [1.807, 2.05) is 0 Å². The number of anilines is 1. The zero-order chi connectivity index (χ0) is 13.1. The summed E-state index contributed by atoms with van der Waals surface area (Å²) in [6, 6.07) is 6.38. The lowest BCUT2D eigenvalue weighted by molar-refractivity contribution is 0.102. The van der Waals surface area contributed by atoms with Crippen LogP contribution in [0.3, 0.4) is 0 Å². The molecule has 0 radical (unpaired) electrons. The minimum Gasteiger partial charge on any atom is -0.508 e. The number of aromatic hydroxyl groups is 1. The molecule has 0 bridgehead atoms. The number of pyridine rings is 1. The number of hydrogen-bond acceptors (Lipinski definition) is 3. The van der Waals surface area contributed by atoms with Gasteiger partial charge in [-0.1, -0.05) is 11.6 Å². The molecule has 1 heterocycles. The van der Waals surface area contributed by atoms with E-state index in [9.17, 15) is 9.90 Å². The van der Waals surface area contributed by atoms with Crippen LogP contribution in [-0.2, 0) is 0 Å². The summed E-state index contributed by atoms with van der Waals surface area (Å²) in [6.45, 7) is 1.75. The summed E-state index contributed by atoms with van der Waals surface area (Å²) in [5.74, 6) is -0.123. The fourth-order valence-corrected chi connectivity index (χ4v) is 1.70. The summed E-state index contributed by atoms with van der Waals surface area (Å²) < 4.78 is 0. The number of halogens is 1. The van der Waals surface area contributed by atoms with Gasteiger partial charge in [0.05, 0.1) is 10.6 Å². The number of benzene rings is 1. The largest absolute Gasteiger partial charge is 0.508 e. The van der Waals surface area contributed by atoms with E-state index in [0.717, 1.165) is 0 Å². The van der Waals surface area contributed by atoms with Gasteiger partial charge in [0.15, 0.2) is 0 Å². The van der Waals surface area contributed by atoms with Crippen LogP contribution < -0.4 is 5.32 Å². The van der Waals surface area contributed by atoms with Crippen molar-refractivity contribution in [1.29, 1.82) is 0 Å². The van der Waals surface area contributed by atoms with E-state index in [2.05, 4.69) is 10.3 Å². The molecule has 0 aliphatic carbocycles. The molecule has 0 aliphatic heterocycles. The van der Waals surface area contributed by atoms with Gasteiger partial charge < -0.3 is 10.4 Å². The molecule has 0 saturated heterocycles. The second-order valence-corrected chi connectivity index (χ2v) is 4.22. The first kappa shape index (κ1) is 12.4. The molecule has 5 heteroatoms. The van der Waals surface area contributed by atoms with Gasteiger partial charge in [-0.2, -0.15) is 0 Å². The van der Waals surface area contributed by atoms with Gasteiger partial charge in [0.2, 0.25) is 0 Å². The van der Waals surface area contributed by atoms with Gasteiger partial charge in [0.25, 0.3) is 5.91 Å². The fourth-order valence-electron chi connectivity index (χ4n) is 1.49. The Morgan fingerprint density at radius 2 is 2.17 bits per heavy atom. The van der Waals surface area contributed by atoms with Gasteiger partial charge in [-0.05, 0) is 36.8 Å². The summed E-state index contributed by atoms with van der Waals surface area (Å²) in [7, 11) is 0. The average Bonchev–Trinajstić information content (AvgIpc) is 2.34. The number of aryl methyl sites for hydroxylation is 1. The number of rotatable bonds is 2. The summed E-state index contributed by atoms with van der Waals surface area (Å²) >= 11 is 5.88. The molecule has 0 aliphatic rings. The molecule has 1 aromatic heterocycles. The number of carbonyl (C=O) groups excluding carboxylic acids is 1. The summed E-state index contributed by atoms with van der Waals surface area (Å²) in [6.07, 6.45) is 2.92. The first-order chi connectivity index (χ1) is 8.58. The van der Waals surface area contributed by atoms with E-state index in [1.165, 1.54) is 18.5 Å². The standard InChI is InChI=1S/C13H11ClN2O2/c1-8-6-9(2-3-12(8)17)16-13(18)10-4-5-15-7-11(10)14/h2-7,17H,1H3,(H,16,18). The lowest BCUT2D eigenvalue weighted by Crippen LogP contribution is -2.12. The molecule has 2 N–H and O–H groups in total. The Morgan fingerprint density at radius 3 is 2.83 bits per heavy atom. The van der Waals surface area contributed by atoms with Crippen LogP contribution >= 0.6 is 11.6 Å². The highest BCUT2D eigenvalue weighted by Crippen LogP contribution is 2.21. The Morgan fingerprint density at radius 1 is 1.39 bits per heavy atom. The first-order valence-electron chi connectivity index (χ1n) is 5.28. The molecule has 0 unspecified atom stereocenters. The molecule has 1 amide bonds. The zero-order valence-electron chi connectivity index (χ0n) is 9.64. The normalized spacial score (nSPS) is 10.1. The SMILES string of the molecule is Cc1cc(NC(=O)c2ccncc2Cl)ccc1O. The highest BCUT2D eigenvalue weighted by Gasteiger charge is 2.10. The number of phenolic OH excluding ortho intramolecular Hbond substituents is 1. The minimum atomic E-state index is -0.313. The van der Waals surface area contributed by atoms with Crippen molar-refractivity contribution in [3.63, 3.8) is 0 Å². The second-order valence-electron chi connectivity index (χ2n) is 3.81. The van der Waals surface area contributed by atoms with Crippen molar-refractivity contribution in [2.45, 2.75) is 6.92 Å². The zero-order valence-corrected chi connectivity index (χ0v) is 10.4. The number of phenols is 1. The van der Waals surface area contributed by atoms with Crippen molar-refractivity contribution in [3.05, 3.63) is 52.8 Å². The van der Waals surface area contributed by atoms with Gasteiger partial charge in [-0.3, -0.25) is 9.78 Å². The fraction of sp³-hybridized carbons (Fsp3) is 0.0769. The van der Waals surface area contributed by atoms with E-state index in [1.54, 1.807) is 25.1 Å². The maximum atomic E-state index is 11.9. The molecule has 0 saturated carbocycles.